The van der Waals surface area contributed by atoms with Gasteiger partial charge in [-0.05, 0) is 95.5 Å². The van der Waals surface area contributed by atoms with Crippen LogP contribution in [0.3, 0.4) is 0 Å². The molecule has 13 nitrogen and oxygen atoms in total. The number of piperidine rings is 1. The Kier molecular flexibility index (Phi) is 16.9. The number of methoxy groups -OCH3 is 3. The number of aliphatic hydroxyl groups excluding tert-OH is 2. The zero-order valence-corrected chi connectivity index (χ0v) is 35.1. The smallest absolute Gasteiger partial charge is 0.329 e. The highest BCUT2D eigenvalue weighted by molar-refractivity contribution is 6.39. The largest absolute Gasteiger partial charge is 0.456 e. The van der Waals surface area contributed by atoms with Crippen LogP contribution in [0, 0.1) is 29.6 Å². The van der Waals surface area contributed by atoms with Gasteiger partial charge in [-0.3, -0.25) is 14.4 Å². The molecule has 14 atom stereocenters. The first-order valence-corrected chi connectivity index (χ1v) is 20.8. The monoisotopic (exact) mass is 791 g/mol. The van der Waals surface area contributed by atoms with E-state index in [2.05, 4.69) is 6.92 Å². The van der Waals surface area contributed by atoms with E-state index in [0.29, 0.717) is 56.9 Å². The number of nitrogens with zero attached hydrogens (tertiary/aromatic N) is 1. The van der Waals surface area contributed by atoms with Crippen molar-refractivity contribution in [3.8, 4) is 0 Å². The van der Waals surface area contributed by atoms with Crippen LogP contribution in [-0.2, 0) is 42.9 Å². The molecule has 318 valence electrons. The molecular formula is C43H69NO12. The molecule has 4 rings (SSSR count). The minimum Gasteiger partial charge on any atom is -0.456 e. The summed E-state index contributed by atoms with van der Waals surface area (Å²) in [7, 11) is 4.63. The maximum atomic E-state index is 14.3. The molecule has 3 heterocycles. The Morgan fingerprint density at radius 1 is 0.911 bits per heavy atom. The third-order valence-corrected chi connectivity index (χ3v) is 12.9. The van der Waals surface area contributed by atoms with Crippen LogP contribution in [-0.4, -0.2) is 126 Å². The molecule has 2 saturated heterocycles. The Hall–Kier alpha value is -2.52. The number of Topliss-reactive ketones (excluding diaryl/α,β-unsaturated/α-hetero) is 2. The molecule has 0 aromatic carbocycles. The molecule has 56 heavy (non-hydrogen) atoms. The predicted octanol–water partition coefficient (Wildman–Crippen LogP) is 4.47. The number of rotatable bonds is 6. The van der Waals surface area contributed by atoms with E-state index in [1.807, 2.05) is 32.9 Å². The summed E-state index contributed by atoms with van der Waals surface area (Å²) in [6, 6.07) is -1.13. The van der Waals surface area contributed by atoms with Gasteiger partial charge in [-0.1, -0.05) is 45.4 Å². The molecule has 3 fully saturated rings. The van der Waals surface area contributed by atoms with E-state index in [1.54, 1.807) is 21.0 Å². The van der Waals surface area contributed by atoms with Gasteiger partial charge in [0.1, 0.15) is 24.0 Å². The first-order valence-electron chi connectivity index (χ1n) is 20.8. The molecule has 2 bridgehead atoms. The van der Waals surface area contributed by atoms with Gasteiger partial charge >= 0.3 is 5.97 Å². The van der Waals surface area contributed by atoms with Crippen molar-refractivity contribution in [3.05, 3.63) is 23.3 Å². The average molecular weight is 792 g/mol. The maximum absolute atomic E-state index is 14.3. The van der Waals surface area contributed by atoms with Crippen LogP contribution in [0.4, 0.5) is 0 Å². The highest BCUT2D eigenvalue weighted by Gasteiger charge is 2.56. The van der Waals surface area contributed by atoms with Crippen molar-refractivity contribution in [1.29, 1.82) is 0 Å². The summed E-state index contributed by atoms with van der Waals surface area (Å²) in [5.41, 5.74) is 1.66. The lowest BCUT2D eigenvalue weighted by atomic mass is 9.81. The second kappa shape index (κ2) is 20.4. The molecule has 4 aliphatic rings. The van der Waals surface area contributed by atoms with Crippen LogP contribution in [0.1, 0.15) is 112 Å². The SMILES string of the molecule is CCC1/C=C(\C)C[C@H](C)CC(OC)C2O[C@@](O)(C(=O)C(=O)N3CCCC[C@H]3C(=O)OC(/C(C)=C/[C@@H]3CCC(O)[C@H](OC)C3)C(C)[C@@H](O)CC1=O)[C@H](C)C[C@@H]2OC. The summed E-state index contributed by atoms with van der Waals surface area (Å²) in [5, 5.41) is 34.1. The van der Waals surface area contributed by atoms with E-state index in [0.717, 1.165) is 5.57 Å². The Morgan fingerprint density at radius 3 is 2.21 bits per heavy atom. The number of ketones is 2. The summed E-state index contributed by atoms with van der Waals surface area (Å²) in [4.78, 5) is 57.6. The lowest BCUT2D eigenvalue weighted by Gasteiger charge is -2.47. The van der Waals surface area contributed by atoms with E-state index < -0.39 is 83.9 Å². The number of hydrogen-bond acceptors (Lipinski definition) is 12. The van der Waals surface area contributed by atoms with E-state index in [4.69, 9.17) is 23.7 Å². The molecule has 0 radical (unpaired) electrons. The molecule has 3 aliphatic heterocycles. The summed E-state index contributed by atoms with van der Waals surface area (Å²) in [6.45, 7) is 11.3. The first kappa shape index (κ1) is 46.2. The Balaban J connectivity index is 1.76. The van der Waals surface area contributed by atoms with E-state index in [9.17, 15) is 34.5 Å². The fraction of sp³-hybridized carbons (Fsp3) is 0.814. The standard InChI is InChI=1S/C43H69NO12/c1-10-30-18-24(2)17-25(3)19-36(53-8)39-37(54-9)21-27(5)43(51,56-39)40(48)41(49)44-16-12-11-13-31(44)42(50)55-38(28(6)33(46)23-34(30)47)26(4)20-29-14-15-32(45)35(22-29)52-7/h18,20,25,27-33,35-39,45-46,51H,10-17,19,21-23H2,1-9H3/b24-18+,26-20+/t25-,27+,28?,29-,30?,31-,32?,33-,35+,36?,37-,38?,39?,43+/m0/s1. The van der Waals surface area contributed by atoms with Crippen molar-refractivity contribution in [2.45, 2.75) is 167 Å². The van der Waals surface area contributed by atoms with Crippen LogP contribution in [0.5, 0.6) is 0 Å². The maximum Gasteiger partial charge on any atom is 0.329 e. The minimum absolute atomic E-state index is 0.000914. The molecule has 13 heteroatoms. The lowest BCUT2D eigenvalue weighted by Crippen LogP contribution is -2.64. The summed E-state index contributed by atoms with van der Waals surface area (Å²) < 4.78 is 29.7. The molecule has 6 unspecified atom stereocenters. The van der Waals surface area contributed by atoms with Crippen LogP contribution < -0.4 is 0 Å². The number of amides is 1. The van der Waals surface area contributed by atoms with E-state index in [1.165, 1.54) is 19.1 Å². The first-order chi connectivity index (χ1) is 26.5. The van der Waals surface area contributed by atoms with Gasteiger partial charge < -0.3 is 43.9 Å². The van der Waals surface area contributed by atoms with Crippen molar-refractivity contribution < 1.29 is 58.2 Å². The number of allylic oxidation sites excluding steroid dienone is 3. The van der Waals surface area contributed by atoms with Gasteiger partial charge in [0.2, 0.25) is 5.79 Å². The molecule has 1 amide bonds. The summed E-state index contributed by atoms with van der Waals surface area (Å²) in [6.07, 6.45) is 3.72. The second-order valence-electron chi connectivity index (χ2n) is 17.2. The van der Waals surface area contributed by atoms with Crippen LogP contribution >= 0.6 is 0 Å². The summed E-state index contributed by atoms with van der Waals surface area (Å²) in [5.74, 6) is -7.50. The second-order valence-corrected chi connectivity index (χ2v) is 17.2. The molecule has 1 aliphatic carbocycles. The van der Waals surface area contributed by atoms with Crippen LogP contribution in [0.15, 0.2) is 23.3 Å². The van der Waals surface area contributed by atoms with Crippen molar-refractivity contribution in [2.75, 3.05) is 27.9 Å². The number of carbonyl (C=O) groups excluding carboxylic acids is 4. The van der Waals surface area contributed by atoms with Gasteiger partial charge in [-0.15, -0.1) is 0 Å². The van der Waals surface area contributed by atoms with Gasteiger partial charge in [0.25, 0.3) is 11.7 Å². The number of aliphatic hydroxyl groups is 3. The number of hydrogen-bond donors (Lipinski definition) is 3. The fourth-order valence-corrected chi connectivity index (χ4v) is 9.39. The third kappa shape index (κ3) is 10.7. The topological polar surface area (TPSA) is 178 Å². The zero-order valence-electron chi connectivity index (χ0n) is 35.1. The van der Waals surface area contributed by atoms with Crippen molar-refractivity contribution in [2.24, 2.45) is 29.6 Å². The Labute approximate surface area is 333 Å². The summed E-state index contributed by atoms with van der Waals surface area (Å²) >= 11 is 0. The highest BCUT2D eigenvalue weighted by atomic mass is 16.7. The van der Waals surface area contributed by atoms with Gasteiger partial charge in [-0.25, -0.2) is 4.79 Å². The fourth-order valence-electron chi connectivity index (χ4n) is 9.39. The van der Waals surface area contributed by atoms with Crippen LogP contribution in [0.2, 0.25) is 0 Å². The minimum atomic E-state index is -2.50. The molecule has 1 saturated carbocycles. The average Bonchev–Trinajstić information content (AvgIpc) is 3.18. The van der Waals surface area contributed by atoms with Crippen molar-refractivity contribution in [1.82, 2.24) is 4.90 Å². The molecule has 0 aromatic heterocycles. The lowest BCUT2D eigenvalue weighted by molar-refractivity contribution is -0.302. The quantitative estimate of drug-likeness (QED) is 0.196. The number of carbonyl (C=O) groups is 4. The van der Waals surface area contributed by atoms with Crippen LogP contribution in [0.25, 0.3) is 0 Å². The van der Waals surface area contributed by atoms with Crippen molar-refractivity contribution in [3.63, 3.8) is 0 Å². The Morgan fingerprint density at radius 2 is 1.57 bits per heavy atom. The number of cyclic esters (lactones) is 1. The van der Waals surface area contributed by atoms with Gasteiger partial charge in [-0.2, -0.15) is 0 Å². The molecule has 3 N–H and O–H groups in total. The Bertz CT molecular complexity index is 1430. The normalized spacial score (nSPS) is 41.6. The predicted molar refractivity (Wildman–Crippen MR) is 208 cm³/mol. The number of esters is 1. The highest BCUT2D eigenvalue weighted by Crippen LogP contribution is 2.39. The van der Waals surface area contributed by atoms with Gasteiger partial charge in [0.05, 0.1) is 30.5 Å². The number of fused-ring (bicyclic) bond motifs is 3. The van der Waals surface area contributed by atoms with Gasteiger partial charge in [0.15, 0.2) is 0 Å². The molecule has 0 aromatic rings. The van der Waals surface area contributed by atoms with Crippen molar-refractivity contribution >= 4 is 23.4 Å². The molecule has 0 spiro atoms. The van der Waals surface area contributed by atoms with Gasteiger partial charge in [0, 0.05) is 52.0 Å². The third-order valence-electron chi connectivity index (χ3n) is 12.9. The van der Waals surface area contributed by atoms with E-state index >= 15 is 0 Å². The van der Waals surface area contributed by atoms with E-state index in [-0.39, 0.29) is 49.5 Å². The number of ether oxygens (including phenoxy) is 5. The molecular weight excluding hydrogens is 722 g/mol. The zero-order chi connectivity index (χ0) is 41.5.